The minimum absolute atomic E-state index is 0.00337. The van der Waals surface area contributed by atoms with Crippen LogP contribution < -0.4 is 10.6 Å². The molecule has 0 unspecified atom stereocenters. The van der Waals surface area contributed by atoms with Crippen molar-refractivity contribution in [2.45, 2.75) is 13.0 Å². The highest BCUT2D eigenvalue weighted by molar-refractivity contribution is 7.10. The van der Waals surface area contributed by atoms with Gasteiger partial charge in [0.15, 0.2) is 0 Å². The fourth-order valence-corrected chi connectivity index (χ4v) is 3.78. The van der Waals surface area contributed by atoms with E-state index in [2.05, 4.69) is 16.7 Å². The third-order valence-corrected chi connectivity index (χ3v) is 5.50. The van der Waals surface area contributed by atoms with Crippen LogP contribution in [0.4, 0.5) is 5.69 Å². The molecule has 5 nitrogen and oxygen atoms in total. The number of aryl methyl sites for hydroxylation is 1. The van der Waals surface area contributed by atoms with Crippen molar-refractivity contribution in [3.05, 3.63) is 88.1 Å². The molecule has 150 valence electrons. The molecule has 3 aromatic rings. The lowest BCUT2D eigenvalue weighted by Crippen LogP contribution is -2.41. The maximum absolute atomic E-state index is 12.6. The molecular weight excluding hydrogens is 382 g/mol. The van der Waals surface area contributed by atoms with Gasteiger partial charge >= 0.3 is 0 Å². The van der Waals surface area contributed by atoms with Crippen LogP contribution in [0.2, 0.25) is 0 Å². The van der Waals surface area contributed by atoms with Crippen LogP contribution in [0.1, 0.15) is 22.0 Å². The molecule has 0 fully saturated rings. The summed E-state index contributed by atoms with van der Waals surface area (Å²) in [5.41, 5.74) is 2.95. The molecule has 0 aliphatic carbocycles. The highest BCUT2D eigenvalue weighted by Gasteiger charge is 2.18. The first-order valence-corrected chi connectivity index (χ1v) is 10.3. The number of amides is 2. The predicted octanol–water partition coefficient (Wildman–Crippen LogP) is 3.83. The largest absolute Gasteiger partial charge is 0.335 e. The minimum atomic E-state index is -0.220. The molecule has 6 heteroatoms. The average molecular weight is 408 g/mol. The van der Waals surface area contributed by atoms with E-state index in [1.165, 1.54) is 4.90 Å². The Morgan fingerprint density at radius 3 is 2.38 bits per heavy atom. The Bertz CT molecular complexity index is 925. The van der Waals surface area contributed by atoms with Gasteiger partial charge in [0.1, 0.15) is 0 Å². The van der Waals surface area contributed by atoms with Gasteiger partial charge in [-0.05, 0) is 36.1 Å². The summed E-state index contributed by atoms with van der Waals surface area (Å²) in [4.78, 5) is 27.4. The van der Waals surface area contributed by atoms with E-state index in [1.807, 2.05) is 73.0 Å². The molecule has 2 amide bonds. The fourth-order valence-electron chi connectivity index (χ4n) is 2.95. The van der Waals surface area contributed by atoms with E-state index in [0.717, 1.165) is 21.7 Å². The van der Waals surface area contributed by atoms with E-state index < -0.39 is 0 Å². The quantitative estimate of drug-likeness (QED) is 0.597. The van der Waals surface area contributed by atoms with Crippen molar-refractivity contribution in [1.82, 2.24) is 10.2 Å². The molecule has 1 heterocycles. The number of benzene rings is 2. The Labute approximate surface area is 175 Å². The van der Waals surface area contributed by atoms with Gasteiger partial charge in [-0.2, -0.15) is 0 Å². The zero-order valence-electron chi connectivity index (χ0n) is 16.6. The van der Waals surface area contributed by atoms with Crippen molar-refractivity contribution in [2.24, 2.45) is 0 Å². The second kappa shape index (κ2) is 10.0. The monoisotopic (exact) mass is 407 g/mol. The maximum atomic E-state index is 12.6. The Balaban J connectivity index is 1.55. The molecule has 29 heavy (non-hydrogen) atoms. The van der Waals surface area contributed by atoms with Crippen molar-refractivity contribution in [2.75, 3.05) is 25.5 Å². The number of nitrogens with zero attached hydrogens (tertiary/aromatic N) is 1. The van der Waals surface area contributed by atoms with Gasteiger partial charge in [-0.1, -0.05) is 54.1 Å². The van der Waals surface area contributed by atoms with Crippen molar-refractivity contribution >= 4 is 28.8 Å². The van der Waals surface area contributed by atoms with Crippen molar-refractivity contribution in [1.29, 1.82) is 0 Å². The number of anilines is 1. The summed E-state index contributed by atoms with van der Waals surface area (Å²) in [7, 11) is 1.64. The molecule has 0 bridgehead atoms. The molecule has 3 rings (SSSR count). The average Bonchev–Trinajstić information content (AvgIpc) is 3.25. The predicted molar refractivity (Wildman–Crippen MR) is 118 cm³/mol. The van der Waals surface area contributed by atoms with Crippen LogP contribution >= 0.6 is 11.3 Å². The molecule has 2 N–H and O–H groups in total. The van der Waals surface area contributed by atoms with Gasteiger partial charge < -0.3 is 10.2 Å². The lowest BCUT2D eigenvalue weighted by atomic mass is 10.1. The Kier molecular flexibility index (Phi) is 7.16. The SMILES string of the molecule is Cc1ccc(NC(=O)CN(C)C(=O)CN[C@H](c2ccccc2)c2cccs2)cc1. The van der Waals surface area contributed by atoms with Crippen molar-refractivity contribution < 1.29 is 9.59 Å². The van der Waals surface area contributed by atoms with Crippen LogP contribution in [0.25, 0.3) is 0 Å². The Morgan fingerprint density at radius 1 is 1.00 bits per heavy atom. The van der Waals surface area contributed by atoms with Crippen LogP contribution in [-0.2, 0) is 9.59 Å². The number of carbonyl (C=O) groups is 2. The Morgan fingerprint density at radius 2 is 1.72 bits per heavy atom. The molecule has 2 aromatic carbocycles. The van der Waals surface area contributed by atoms with Crippen LogP contribution in [0.15, 0.2) is 72.1 Å². The van der Waals surface area contributed by atoms with Crippen molar-refractivity contribution in [3.63, 3.8) is 0 Å². The number of hydrogen-bond acceptors (Lipinski definition) is 4. The van der Waals surface area contributed by atoms with Crippen LogP contribution in [0.5, 0.6) is 0 Å². The summed E-state index contributed by atoms with van der Waals surface area (Å²) in [5.74, 6) is -0.357. The van der Waals surface area contributed by atoms with Gasteiger partial charge in [-0.25, -0.2) is 0 Å². The second-order valence-electron chi connectivity index (χ2n) is 6.90. The van der Waals surface area contributed by atoms with Gasteiger partial charge in [-0.15, -0.1) is 11.3 Å². The van der Waals surface area contributed by atoms with Crippen molar-refractivity contribution in [3.8, 4) is 0 Å². The van der Waals surface area contributed by atoms with Crippen LogP contribution in [-0.4, -0.2) is 36.9 Å². The maximum Gasteiger partial charge on any atom is 0.243 e. The third kappa shape index (κ3) is 6.01. The summed E-state index contributed by atoms with van der Waals surface area (Å²) in [6.45, 7) is 2.14. The number of nitrogens with one attached hydrogen (secondary N) is 2. The zero-order valence-corrected chi connectivity index (χ0v) is 17.4. The molecule has 0 aliphatic heterocycles. The van der Waals surface area contributed by atoms with E-state index in [-0.39, 0.29) is 30.9 Å². The summed E-state index contributed by atoms with van der Waals surface area (Å²) >= 11 is 1.65. The van der Waals surface area contributed by atoms with E-state index in [0.29, 0.717) is 0 Å². The number of carbonyl (C=O) groups excluding carboxylic acids is 2. The third-order valence-electron chi connectivity index (χ3n) is 4.56. The number of likely N-dealkylation sites (N-methyl/N-ethyl adjacent to an activating group) is 1. The zero-order chi connectivity index (χ0) is 20.6. The number of thiophene rings is 1. The number of rotatable bonds is 8. The lowest BCUT2D eigenvalue weighted by Gasteiger charge is -2.21. The Hall–Kier alpha value is -2.96. The van der Waals surface area contributed by atoms with Gasteiger partial charge in [0, 0.05) is 17.6 Å². The van der Waals surface area contributed by atoms with E-state index in [1.54, 1.807) is 18.4 Å². The highest BCUT2D eigenvalue weighted by atomic mass is 32.1. The minimum Gasteiger partial charge on any atom is -0.335 e. The number of hydrogen-bond donors (Lipinski definition) is 2. The van der Waals surface area contributed by atoms with Gasteiger partial charge in [-0.3, -0.25) is 14.9 Å². The molecule has 0 spiro atoms. The van der Waals surface area contributed by atoms with E-state index >= 15 is 0 Å². The first-order chi connectivity index (χ1) is 14.0. The van der Waals surface area contributed by atoms with Crippen LogP contribution in [0, 0.1) is 6.92 Å². The normalized spacial score (nSPS) is 11.7. The standard InChI is InChI=1S/C23H25N3O2S/c1-17-10-12-19(13-11-17)25-21(27)16-26(2)22(28)15-24-23(20-9-6-14-29-20)18-7-4-3-5-8-18/h3-14,23-24H,15-16H2,1-2H3,(H,25,27)/t23-/m1/s1. The van der Waals surface area contributed by atoms with E-state index in [4.69, 9.17) is 0 Å². The van der Waals surface area contributed by atoms with E-state index in [9.17, 15) is 9.59 Å². The highest BCUT2D eigenvalue weighted by Crippen LogP contribution is 2.25. The molecule has 0 saturated carbocycles. The topological polar surface area (TPSA) is 61.4 Å². The summed E-state index contributed by atoms with van der Waals surface area (Å²) < 4.78 is 0. The fraction of sp³-hybridized carbons (Fsp3) is 0.217. The molecule has 0 saturated heterocycles. The summed E-state index contributed by atoms with van der Waals surface area (Å²) in [6.07, 6.45) is 0. The van der Waals surface area contributed by atoms with Gasteiger partial charge in [0.25, 0.3) is 0 Å². The molecule has 0 radical (unpaired) electrons. The second-order valence-corrected chi connectivity index (χ2v) is 7.88. The molecule has 1 aromatic heterocycles. The molecule has 1 atom stereocenters. The summed E-state index contributed by atoms with van der Waals surface area (Å²) in [5, 5.41) is 8.18. The lowest BCUT2D eigenvalue weighted by molar-refractivity contribution is -0.132. The smallest absolute Gasteiger partial charge is 0.243 e. The summed E-state index contributed by atoms with van der Waals surface area (Å²) in [6, 6.07) is 21.6. The first kappa shape index (κ1) is 20.8. The van der Waals surface area contributed by atoms with Crippen LogP contribution in [0.3, 0.4) is 0 Å². The molecule has 0 aliphatic rings. The van der Waals surface area contributed by atoms with Gasteiger partial charge in [0.05, 0.1) is 19.1 Å². The first-order valence-electron chi connectivity index (χ1n) is 9.45. The van der Waals surface area contributed by atoms with Gasteiger partial charge in [0.2, 0.25) is 11.8 Å². The molecular formula is C23H25N3O2S.